The van der Waals surface area contributed by atoms with Crippen LogP contribution in [0, 0.1) is 18.3 Å². The Morgan fingerprint density at radius 1 is 1.50 bits per heavy atom. The second-order valence-corrected chi connectivity index (χ2v) is 4.47. The molecule has 0 amide bonds. The summed E-state index contributed by atoms with van der Waals surface area (Å²) < 4.78 is 4.87. The topological polar surface area (TPSA) is 38.3 Å². The minimum Gasteiger partial charge on any atom is -0.449 e. The van der Waals surface area contributed by atoms with E-state index in [2.05, 4.69) is 25.1 Å². The molecule has 0 bridgehead atoms. The first-order valence-electron chi connectivity index (χ1n) is 6.08. The first kappa shape index (κ1) is 14.1. The summed E-state index contributed by atoms with van der Waals surface area (Å²) in [7, 11) is 0. The normalized spacial score (nSPS) is 9.89. The molecule has 0 saturated heterocycles. The smallest absolute Gasteiger partial charge is 0.339 e. The van der Waals surface area contributed by atoms with E-state index < -0.39 is 0 Å². The van der Waals surface area contributed by atoms with Crippen molar-refractivity contribution in [3.05, 3.63) is 29.8 Å². The molecule has 1 aromatic rings. The first-order chi connectivity index (χ1) is 8.63. The summed E-state index contributed by atoms with van der Waals surface area (Å²) >= 11 is 0. The van der Waals surface area contributed by atoms with Gasteiger partial charge in [0.25, 0.3) is 0 Å². The van der Waals surface area contributed by atoms with Crippen LogP contribution in [0.1, 0.15) is 30.6 Å². The summed E-state index contributed by atoms with van der Waals surface area (Å²) in [5.74, 6) is 2.54. The number of benzene rings is 1. The molecule has 0 atom stereocenters. The van der Waals surface area contributed by atoms with E-state index in [9.17, 15) is 4.79 Å². The molecule has 0 spiro atoms. The lowest BCUT2D eigenvalue weighted by molar-refractivity contribution is 0.0557. The van der Waals surface area contributed by atoms with Crippen molar-refractivity contribution in [2.75, 3.05) is 18.5 Å². The van der Waals surface area contributed by atoms with Gasteiger partial charge >= 0.3 is 5.97 Å². The molecule has 0 heterocycles. The molecule has 1 rings (SSSR count). The van der Waals surface area contributed by atoms with Crippen LogP contribution < -0.4 is 5.32 Å². The van der Waals surface area contributed by atoms with Crippen LogP contribution in [0.5, 0.6) is 0 Å². The average Bonchev–Trinajstić information content (AvgIpc) is 2.36. The molecular weight excluding hydrogens is 226 g/mol. The zero-order valence-corrected chi connectivity index (χ0v) is 10.9. The number of ether oxygens (including phenoxy) is 1. The number of hydrogen-bond acceptors (Lipinski definition) is 3. The van der Waals surface area contributed by atoms with Gasteiger partial charge in [0, 0.05) is 12.2 Å². The van der Waals surface area contributed by atoms with Crippen LogP contribution in [-0.4, -0.2) is 19.1 Å². The highest BCUT2D eigenvalue weighted by atomic mass is 16.5. The summed E-state index contributed by atoms with van der Waals surface area (Å²) in [6, 6.07) is 7.24. The zero-order valence-electron chi connectivity index (χ0n) is 10.9. The number of carbonyl (C=O) groups is 1. The number of carbonyl (C=O) groups excluding carboxylic acids is 1. The van der Waals surface area contributed by atoms with E-state index in [0.717, 1.165) is 18.7 Å². The predicted octanol–water partition coefficient (Wildman–Crippen LogP) is 2.93. The molecule has 1 N–H and O–H groups in total. The van der Waals surface area contributed by atoms with Gasteiger partial charge in [-0.1, -0.05) is 25.8 Å². The highest BCUT2D eigenvalue weighted by Crippen LogP contribution is 2.12. The fourth-order valence-electron chi connectivity index (χ4n) is 1.45. The molecule has 3 heteroatoms. The molecule has 0 unspecified atom stereocenters. The Labute approximate surface area is 109 Å². The maximum atomic E-state index is 11.6. The lowest BCUT2D eigenvalue weighted by Gasteiger charge is -2.09. The lowest BCUT2D eigenvalue weighted by Crippen LogP contribution is -2.08. The number of anilines is 1. The number of hydrogen-bond donors (Lipinski definition) is 1. The SMILES string of the molecule is C#CCOC(=O)c1cccc(NCCC(C)C)c1. The first-order valence-corrected chi connectivity index (χ1v) is 6.08. The van der Waals surface area contributed by atoms with E-state index in [-0.39, 0.29) is 12.6 Å². The molecule has 1 aromatic carbocycles. The molecule has 3 nitrogen and oxygen atoms in total. The minimum absolute atomic E-state index is 0.00381. The van der Waals surface area contributed by atoms with Crippen molar-refractivity contribution in [2.45, 2.75) is 20.3 Å². The van der Waals surface area contributed by atoms with Crippen LogP contribution >= 0.6 is 0 Å². The van der Waals surface area contributed by atoms with Crippen molar-refractivity contribution >= 4 is 11.7 Å². The van der Waals surface area contributed by atoms with Crippen molar-refractivity contribution in [2.24, 2.45) is 5.92 Å². The van der Waals surface area contributed by atoms with Gasteiger partial charge in [0.1, 0.15) is 0 Å². The molecule has 0 aliphatic rings. The van der Waals surface area contributed by atoms with Gasteiger partial charge in [-0.15, -0.1) is 6.42 Å². The molecule has 0 aromatic heterocycles. The highest BCUT2D eigenvalue weighted by Gasteiger charge is 2.06. The Balaban J connectivity index is 2.56. The van der Waals surface area contributed by atoms with Gasteiger partial charge in [-0.05, 0) is 30.5 Å². The van der Waals surface area contributed by atoms with Crippen LogP contribution in [0.2, 0.25) is 0 Å². The van der Waals surface area contributed by atoms with Crippen molar-refractivity contribution in [1.29, 1.82) is 0 Å². The third kappa shape index (κ3) is 4.92. The van der Waals surface area contributed by atoms with Crippen LogP contribution in [0.4, 0.5) is 5.69 Å². The largest absolute Gasteiger partial charge is 0.449 e. The molecule has 0 aliphatic carbocycles. The van der Waals surface area contributed by atoms with Crippen LogP contribution in [0.3, 0.4) is 0 Å². The van der Waals surface area contributed by atoms with Crippen molar-refractivity contribution in [1.82, 2.24) is 0 Å². The van der Waals surface area contributed by atoms with Crippen LogP contribution in [0.15, 0.2) is 24.3 Å². The Morgan fingerprint density at radius 2 is 2.28 bits per heavy atom. The van der Waals surface area contributed by atoms with E-state index >= 15 is 0 Å². The van der Waals surface area contributed by atoms with E-state index in [1.807, 2.05) is 12.1 Å². The molecule has 96 valence electrons. The van der Waals surface area contributed by atoms with E-state index in [1.54, 1.807) is 12.1 Å². The monoisotopic (exact) mass is 245 g/mol. The Hall–Kier alpha value is -1.95. The lowest BCUT2D eigenvalue weighted by atomic mass is 10.1. The number of terminal acetylenes is 1. The molecule has 0 radical (unpaired) electrons. The number of rotatable bonds is 6. The fourth-order valence-corrected chi connectivity index (χ4v) is 1.45. The maximum absolute atomic E-state index is 11.6. The van der Waals surface area contributed by atoms with E-state index in [4.69, 9.17) is 11.2 Å². The molecule has 0 aliphatic heterocycles. The summed E-state index contributed by atoms with van der Waals surface area (Å²) in [5, 5.41) is 3.28. The zero-order chi connectivity index (χ0) is 13.4. The van der Waals surface area contributed by atoms with Gasteiger partial charge in [-0.2, -0.15) is 0 Å². The number of esters is 1. The molecule has 18 heavy (non-hydrogen) atoms. The summed E-state index contributed by atoms with van der Waals surface area (Å²) in [5.41, 5.74) is 1.44. The van der Waals surface area contributed by atoms with Crippen molar-refractivity contribution in [3.63, 3.8) is 0 Å². The number of nitrogens with one attached hydrogen (secondary N) is 1. The average molecular weight is 245 g/mol. The Morgan fingerprint density at radius 3 is 2.94 bits per heavy atom. The molecule has 0 fully saturated rings. The predicted molar refractivity (Wildman–Crippen MR) is 73.5 cm³/mol. The van der Waals surface area contributed by atoms with Crippen molar-refractivity contribution < 1.29 is 9.53 Å². The van der Waals surface area contributed by atoms with Crippen LogP contribution in [0.25, 0.3) is 0 Å². The van der Waals surface area contributed by atoms with Gasteiger partial charge in [-0.25, -0.2) is 4.79 Å². The second-order valence-electron chi connectivity index (χ2n) is 4.47. The maximum Gasteiger partial charge on any atom is 0.339 e. The molecular formula is C15H19NO2. The van der Waals surface area contributed by atoms with Gasteiger partial charge in [0.05, 0.1) is 5.56 Å². The quantitative estimate of drug-likeness (QED) is 0.618. The van der Waals surface area contributed by atoms with E-state index in [1.165, 1.54) is 0 Å². The third-order valence-corrected chi connectivity index (χ3v) is 2.44. The summed E-state index contributed by atoms with van der Waals surface area (Å²) in [6.45, 7) is 5.24. The van der Waals surface area contributed by atoms with Crippen molar-refractivity contribution in [3.8, 4) is 12.3 Å². The molecule has 0 saturated carbocycles. The highest BCUT2D eigenvalue weighted by molar-refractivity contribution is 5.90. The second kappa shape index (κ2) is 7.39. The summed E-state index contributed by atoms with van der Waals surface area (Å²) in [4.78, 5) is 11.6. The van der Waals surface area contributed by atoms with Gasteiger partial charge in [0.2, 0.25) is 0 Å². The summed E-state index contributed by atoms with van der Waals surface area (Å²) in [6.07, 6.45) is 6.13. The Kier molecular flexibility index (Phi) is 5.79. The van der Waals surface area contributed by atoms with Gasteiger partial charge < -0.3 is 10.1 Å². The van der Waals surface area contributed by atoms with E-state index in [0.29, 0.717) is 11.5 Å². The standard InChI is InChI=1S/C15H19NO2/c1-4-10-18-15(17)13-6-5-7-14(11-13)16-9-8-12(2)3/h1,5-7,11-12,16H,8-10H2,2-3H3. The Bertz CT molecular complexity index is 432. The fraction of sp³-hybridized carbons (Fsp3) is 0.400. The minimum atomic E-state index is -0.388. The van der Waals surface area contributed by atoms with Gasteiger partial charge in [-0.3, -0.25) is 0 Å². The third-order valence-electron chi connectivity index (χ3n) is 2.44. The van der Waals surface area contributed by atoms with Gasteiger partial charge in [0.15, 0.2) is 6.61 Å². The van der Waals surface area contributed by atoms with Crippen LogP contribution in [-0.2, 0) is 4.74 Å².